The monoisotopic (exact) mass is 334 g/mol. The van der Waals surface area contributed by atoms with E-state index < -0.39 is 0 Å². The Kier molecular flexibility index (Phi) is 5.30. The number of aromatic nitrogens is 2. The summed E-state index contributed by atoms with van der Waals surface area (Å²) in [7, 11) is 0. The molecule has 1 saturated heterocycles. The van der Waals surface area contributed by atoms with Crippen LogP contribution in [-0.2, 0) is 6.54 Å². The third-order valence-corrected chi connectivity index (χ3v) is 4.72. The number of nitrogens with zero attached hydrogens (tertiary/aromatic N) is 4. The third-order valence-electron chi connectivity index (χ3n) is 4.49. The number of halogens is 1. The van der Waals surface area contributed by atoms with Gasteiger partial charge in [0, 0.05) is 29.7 Å². The summed E-state index contributed by atoms with van der Waals surface area (Å²) in [6, 6.07) is 8.15. The second kappa shape index (κ2) is 7.43. The maximum absolute atomic E-state index is 6.01. The first-order valence-corrected chi connectivity index (χ1v) is 8.62. The molecule has 6 heteroatoms. The highest BCUT2D eigenvalue weighted by molar-refractivity contribution is 6.30. The summed E-state index contributed by atoms with van der Waals surface area (Å²) in [5, 5.41) is 4.75. The highest BCUT2D eigenvalue weighted by Crippen LogP contribution is 2.21. The van der Waals surface area contributed by atoms with Crippen LogP contribution >= 0.6 is 11.6 Å². The van der Waals surface area contributed by atoms with Crippen molar-refractivity contribution in [3.63, 3.8) is 0 Å². The van der Waals surface area contributed by atoms with Crippen LogP contribution in [0.1, 0.15) is 26.2 Å². The molecule has 1 aliphatic rings. The molecule has 0 saturated carbocycles. The van der Waals surface area contributed by atoms with Gasteiger partial charge in [0.15, 0.2) is 0 Å². The standard InChI is InChI=1S/C17H23ClN4O/c1-3-22(4-2)15-8-9-21(11-15)12-16-19-17(20-23-16)13-6-5-7-14(18)10-13/h5-7,10,15H,3-4,8-9,11-12H2,1-2H3. The molecule has 124 valence electrons. The fourth-order valence-electron chi connectivity index (χ4n) is 3.25. The fraction of sp³-hybridized carbons (Fsp3) is 0.529. The lowest BCUT2D eigenvalue weighted by molar-refractivity contribution is 0.201. The number of hydrogen-bond donors (Lipinski definition) is 0. The van der Waals surface area contributed by atoms with E-state index in [4.69, 9.17) is 16.1 Å². The minimum absolute atomic E-state index is 0.599. The number of benzene rings is 1. The van der Waals surface area contributed by atoms with Crippen molar-refractivity contribution in [2.45, 2.75) is 32.9 Å². The Bertz CT molecular complexity index is 641. The molecule has 0 spiro atoms. The van der Waals surface area contributed by atoms with Crippen molar-refractivity contribution >= 4 is 11.6 Å². The van der Waals surface area contributed by atoms with E-state index in [-0.39, 0.29) is 0 Å². The molecule has 5 nitrogen and oxygen atoms in total. The predicted molar refractivity (Wildman–Crippen MR) is 91.3 cm³/mol. The SMILES string of the molecule is CCN(CC)C1CCN(Cc2nc(-c3cccc(Cl)c3)no2)C1. The van der Waals surface area contributed by atoms with Crippen molar-refractivity contribution in [3.8, 4) is 11.4 Å². The molecule has 0 amide bonds. The van der Waals surface area contributed by atoms with Crippen LogP contribution in [0.4, 0.5) is 0 Å². The summed E-state index contributed by atoms with van der Waals surface area (Å²) in [4.78, 5) is 9.41. The smallest absolute Gasteiger partial charge is 0.241 e. The Hall–Kier alpha value is -1.43. The maximum atomic E-state index is 6.01. The van der Waals surface area contributed by atoms with Gasteiger partial charge in [0.05, 0.1) is 6.54 Å². The second-order valence-electron chi connectivity index (χ2n) is 5.92. The van der Waals surface area contributed by atoms with Crippen molar-refractivity contribution in [1.29, 1.82) is 0 Å². The van der Waals surface area contributed by atoms with Crippen LogP contribution in [0, 0.1) is 0 Å². The average molecular weight is 335 g/mol. The average Bonchev–Trinajstić information content (AvgIpc) is 3.19. The van der Waals surface area contributed by atoms with Crippen LogP contribution in [0.5, 0.6) is 0 Å². The summed E-state index contributed by atoms with van der Waals surface area (Å²) < 4.78 is 5.41. The predicted octanol–water partition coefficient (Wildman–Crippen LogP) is 3.31. The molecule has 1 fully saturated rings. The summed E-state index contributed by atoms with van der Waals surface area (Å²) in [6.07, 6.45) is 1.21. The number of rotatable bonds is 6. The van der Waals surface area contributed by atoms with E-state index in [1.54, 1.807) is 0 Å². The molecule has 1 aromatic heterocycles. The minimum Gasteiger partial charge on any atom is -0.338 e. The van der Waals surface area contributed by atoms with Crippen LogP contribution in [0.3, 0.4) is 0 Å². The molecule has 1 unspecified atom stereocenters. The van der Waals surface area contributed by atoms with E-state index in [2.05, 4.69) is 33.8 Å². The molecule has 0 N–H and O–H groups in total. The van der Waals surface area contributed by atoms with Gasteiger partial charge in [-0.25, -0.2) is 0 Å². The zero-order chi connectivity index (χ0) is 16.2. The molecule has 1 aliphatic heterocycles. The maximum Gasteiger partial charge on any atom is 0.241 e. The Labute approximate surface area is 142 Å². The van der Waals surface area contributed by atoms with Gasteiger partial charge in [-0.3, -0.25) is 9.80 Å². The molecule has 2 aromatic rings. The first-order valence-electron chi connectivity index (χ1n) is 8.24. The highest BCUT2D eigenvalue weighted by atomic mass is 35.5. The number of likely N-dealkylation sites (tertiary alicyclic amines) is 1. The molecule has 0 bridgehead atoms. The first kappa shape index (κ1) is 16.4. The summed E-state index contributed by atoms with van der Waals surface area (Å²) in [6.45, 7) is 9.52. The molecule has 0 aliphatic carbocycles. The van der Waals surface area contributed by atoms with Gasteiger partial charge < -0.3 is 4.52 Å². The Morgan fingerprint density at radius 1 is 1.35 bits per heavy atom. The van der Waals surface area contributed by atoms with Gasteiger partial charge in [0.1, 0.15) is 0 Å². The van der Waals surface area contributed by atoms with E-state index in [1.165, 1.54) is 6.42 Å². The quantitative estimate of drug-likeness (QED) is 0.811. The first-order chi connectivity index (χ1) is 11.2. The molecule has 0 radical (unpaired) electrons. The normalized spacial score (nSPS) is 18.9. The molecular formula is C17H23ClN4O. The minimum atomic E-state index is 0.599. The van der Waals surface area contributed by atoms with E-state index in [9.17, 15) is 0 Å². The second-order valence-corrected chi connectivity index (χ2v) is 6.36. The lowest BCUT2D eigenvalue weighted by atomic mass is 10.2. The van der Waals surface area contributed by atoms with Crippen molar-refractivity contribution in [2.75, 3.05) is 26.2 Å². The zero-order valence-electron chi connectivity index (χ0n) is 13.7. The Balaban J connectivity index is 1.62. The lowest BCUT2D eigenvalue weighted by Crippen LogP contribution is -2.37. The van der Waals surface area contributed by atoms with Gasteiger partial charge in [0.2, 0.25) is 11.7 Å². The van der Waals surface area contributed by atoms with Crippen molar-refractivity contribution < 1.29 is 4.52 Å². The highest BCUT2D eigenvalue weighted by Gasteiger charge is 2.27. The number of likely N-dealkylation sites (N-methyl/N-ethyl adjacent to an activating group) is 1. The van der Waals surface area contributed by atoms with Gasteiger partial charge in [-0.05, 0) is 31.6 Å². The van der Waals surface area contributed by atoms with Gasteiger partial charge in [0.25, 0.3) is 0 Å². The zero-order valence-corrected chi connectivity index (χ0v) is 14.5. The molecule has 3 rings (SSSR count). The molecule has 1 aromatic carbocycles. The molecular weight excluding hydrogens is 312 g/mol. The lowest BCUT2D eigenvalue weighted by Gasteiger charge is -2.25. The van der Waals surface area contributed by atoms with E-state index >= 15 is 0 Å². The summed E-state index contributed by atoms with van der Waals surface area (Å²) in [5.74, 6) is 1.27. The largest absolute Gasteiger partial charge is 0.338 e. The van der Waals surface area contributed by atoms with Crippen LogP contribution in [0.25, 0.3) is 11.4 Å². The topological polar surface area (TPSA) is 45.4 Å². The van der Waals surface area contributed by atoms with Gasteiger partial charge in [-0.1, -0.05) is 42.7 Å². The Morgan fingerprint density at radius 2 is 2.17 bits per heavy atom. The molecule has 1 atom stereocenters. The van der Waals surface area contributed by atoms with Gasteiger partial charge >= 0.3 is 0 Å². The van der Waals surface area contributed by atoms with Crippen LogP contribution in [0.15, 0.2) is 28.8 Å². The number of hydrogen-bond acceptors (Lipinski definition) is 5. The molecule has 23 heavy (non-hydrogen) atoms. The van der Waals surface area contributed by atoms with Gasteiger partial charge in [-0.2, -0.15) is 4.98 Å². The van der Waals surface area contributed by atoms with Crippen molar-refractivity contribution in [3.05, 3.63) is 35.2 Å². The summed E-state index contributed by atoms with van der Waals surface area (Å²) >= 11 is 6.01. The van der Waals surface area contributed by atoms with Gasteiger partial charge in [-0.15, -0.1) is 0 Å². The van der Waals surface area contributed by atoms with Crippen molar-refractivity contribution in [2.24, 2.45) is 0 Å². The van der Waals surface area contributed by atoms with Crippen LogP contribution in [-0.4, -0.2) is 52.2 Å². The van der Waals surface area contributed by atoms with Crippen LogP contribution in [0.2, 0.25) is 5.02 Å². The van der Waals surface area contributed by atoms with Crippen molar-refractivity contribution in [1.82, 2.24) is 19.9 Å². The van der Waals surface area contributed by atoms with E-state index in [0.717, 1.165) is 31.7 Å². The third kappa shape index (κ3) is 3.91. The van der Waals surface area contributed by atoms with Crippen LogP contribution < -0.4 is 0 Å². The van der Waals surface area contributed by atoms with E-state index in [1.807, 2.05) is 24.3 Å². The van der Waals surface area contributed by atoms with E-state index in [0.29, 0.717) is 29.3 Å². The molecule has 2 heterocycles. The summed E-state index contributed by atoms with van der Waals surface area (Å²) in [5.41, 5.74) is 0.884. The fourth-order valence-corrected chi connectivity index (χ4v) is 3.44. The Morgan fingerprint density at radius 3 is 2.91 bits per heavy atom.